The highest BCUT2D eigenvalue weighted by molar-refractivity contribution is 5.69. The largest absolute Gasteiger partial charge is 0.463 e. The van der Waals surface area contributed by atoms with Crippen LogP contribution in [0.25, 0.3) is 0 Å². The molecule has 0 aromatic rings. The minimum Gasteiger partial charge on any atom is -0.463 e. The molecule has 0 aliphatic carbocycles. The molecular weight excluding hydrogens is 464 g/mol. The highest BCUT2D eigenvalue weighted by Crippen LogP contribution is 2.14. The van der Waals surface area contributed by atoms with E-state index in [4.69, 9.17) is 9.47 Å². The summed E-state index contributed by atoms with van der Waals surface area (Å²) in [5.74, 6) is 0.268. The molecule has 0 fully saturated rings. The van der Waals surface area contributed by atoms with E-state index in [1.165, 1.54) is 96.3 Å². The molecule has 0 aromatic carbocycles. The van der Waals surface area contributed by atoms with Gasteiger partial charge in [-0.15, -0.1) is 0 Å². The lowest BCUT2D eigenvalue weighted by molar-refractivity contribution is -0.152. The first kappa shape index (κ1) is 35.9. The SMILES string of the molecule is CCCCCCCCCCCCC(=O)OC[C@H](O)COC(=O)CCCCCCCCCCCCC(C)C. The lowest BCUT2D eigenvalue weighted by Gasteiger charge is -2.12. The molecular formula is C32H62O5. The van der Waals surface area contributed by atoms with Crippen LogP contribution in [0.15, 0.2) is 0 Å². The Labute approximate surface area is 229 Å². The second-order valence-corrected chi connectivity index (χ2v) is 11.4. The van der Waals surface area contributed by atoms with Gasteiger partial charge in [0.15, 0.2) is 0 Å². The summed E-state index contributed by atoms with van der Waals surface area (Å²) in [4.78, 5) is 23.7. The van der Waals surface area contributed by atoms with Gasteiger partial charge in [0.2, 0.25) is 0 Å². The van der Waals surface area contributed by atoms with E-state index in [0.717, 1.165) is 44.4 Å². The summed E-state index contributed by atoms with van der Waals surface area (Å²) < 4.78 is 10.2. The summed E-state index contributed by atoms with van der Waals surface area (Å²) in [5.41, 5.74) is 0. The van der Waals surface area contributed by atoms with Gasteiger partial charge in [-0.3, -0.25) is 9.59 Å². The molecule has 0 saturated carbocycles. The Bertz CT molecular complexity index is 505. The van der Waals surface area contributed by atoms with E-state index in [0.29, 0.717) is 12.8 Å². The molecule has 0 unspecified atom stereocenters. The van der Waals surface area contributed by atoms with Gasteiger partial charge < -0.3 is 14.6 Å². The molecule has 0 amide bonds. The average Bonchev–Trinajstić information content (AvgIpc) is 2.87. The van der Waals surface area contributed by atoms with Crippen molar-refractivity contribution < 1.29 is 24.2 Å². The first-order valence-electron chi connectivity index (χ1n) is 15.9. The lowest BCUT2D eigenvalue weighted by atomic mass is 10.0. The molecule has 1 N–H and O–H groups in total. The fourth-order valence-corrected chi connectivity index (χ4v) is 4.56. The zero-order valence-electron chi connectivity index (χ0n) is 24.9. The van der Waals surface area contributed by atoms with Gasteiger partial charge in [-0.2, -0.15) is 0 Å². The Balaban J connectivity index is 3.42. The molecule has 0 rings (SSSR count). The van der Waals surface area contributed by atoms with Gasteiger partial charge in [0.25, 0.3) is 0 Å². The fraction of sp³-hybridized carbons (Fsp3) is 0.938. The van der Waals surface area contributed by atoms with Crippen LogP contribution in [-0.4, -0.2) is 36.4 Å². The van der Waals surface area contributed by atoms with Crippen LogP contribution in [0.2, 0.25) is 0 Å². The Morgan fingerprint density at radius 3 is 1.22 bits per heavy atom. The van der Waals surface area contributed by atoms with E-state index in [9.17, 15) is 14.7 Å². The van der Waals surface area contributed by atoms with E-state index in [2.05, 4.69) is 20.8 Å². The van der Waals surface area contributed by atoms with Gasteiger partial charge in [-0.25, -0.2) is 0 Å². The summed E-state index contributed by atoms with van der Waals surface area (Å²) in [5, 5.41) is 9.92. The van der Waals surface area contributed by atoms with Crippen LogP contribution in [0.1, 0.15) is 168 Å². The number of rotatable bonds is 28. The number of aliphatic hydroxyl groups excluding tert-OH is 1. The second kappa shape index (κ2) is 27.9. The number of carbonyl (C=O) groups excluding carboxylic acids is 2. The van der Waals surface area contributed by atoms with Crippen LogP contribution < -0.4 is 0 Å². The number of carbonyl (C=O) groups is 2. The Hall–Kier alpha value is -1.10. The van der Waals surface area contributed by atoms with Gasteiger partial charge in [0.1, 0.15) is 19.3 Å². The molecule has 1 atom stereocenters. The molecule has 37 heavy (non-hydrogen) atoms. The van der Waals surface area contributed by atoms with E-state index in [1.54, 1.807) is 0 Å². The molecule has 0 aromatic heterocycles. The molecule has 0 spiro atoms. The summed E-state index contributed by atoms with van der Waals surface area (Å²) in [6.45, 7) is 6.61. The van der Waals surface area contributed by atoms with Crippen molar-refractivity contribution >= 4 is 11.9 Å². The third-order valence-corrected chi connectivity index (χ3v) is 7.02. The van der Waals surface area contributed by atoms with Gasteiger partial charge >= 0.3 is 11.9 Å². The Morgan fingerprint density at radius 1 is 0.541 bits per heavy atom. The molecule has 220 valence electrons. The van der Waals surface area contributed by atoms with E-state index >= 15 is 0 Å². The van der Waals surface area contributed by atoms with E-state index < -0.39 is 6.10 Å². The predicted molar refractivity (Wildman–Crippen MR) is 155 cm³/mol. The van der Waals surface area contributed by atoms with E-state index in [1.807, 2.05) is 0 Å². The van der Waals surface area contributed by atoms with Crippen LogP contribution in [0, 0.1) is 5.92 Å². The molecule has 0 aliphatic rings. The molecule has 0 radical (unpaired) electrons. The number of hydrogen-bond donors (Lipinski definition) is 1. The summed E-state index contributed by atoms with van der Waals surface area (Å²) in [6.07, 6.45) is 25.8. The molecule has 0 heterocycles. The van der Waals surface area contributed by atoms with Gasteiger partial charge in [-0.05, 0) is 18.8 Å². The number of aliphatic hydroxyl groups is 1. The molecule has 5 heteroatoms. The second-order valence-electron chi connectivity index (χ2n) is 11.4. The minimum atomic E-state index is -0.953. The highest BCUT2D eigenvalue weighted by Gasteiger charge is 2.12. The molecule has 0 bridgehead atoms. The third-order valence-electron chi connectivity index (χ3n) is 7.02. The van der Waals surface area contributed by atoms with Crippen molar-refractivity contribution in [2.75, 3.05) is 13.2 Å². The van der Waals surface area contributed by atoms with Crippen molar-refractivity contribution in [3.05, 3.63) is 0 Å². The predicted octanol–water partition coefficient (Wildman–Crippen LogP) is 9.08. The Kier molecular flexibility index (Phi) is 27.1. The van der Waals surface area contributed by atoms with Crippen LogP contribution in [-0.2, 0) is 19.1 Å². The maximum absolute atomic E-state index is 11.9. The van der Waals surface area contributed by atoms with Gasteiger partial charge in [-0.1, -0.05) is 143 Å². The van der Waals surface area contributed by atoms with Crippen LogP contribution >= 0.6 is 0 Å². The summed E-state index contributed by atoms with van der Waals surface area (Å²) >= 11 is 0. The van der Waals surface area contributed by atoms with Crippen LogP contribution in [0.5, 0.6) is 0 Å². The summed E-state index contributed by atoms with van der Waals surface area (Å²) in [6, 6.07) is 0. The standard InChI is InChI=1S/C32H62O5/c1-4-5-6-7-8-9-13-16-19-22-25-31(34)36-27-30(33)28-37-32(35)26-23-20-17-14-11-10-12-15-18-21-24-29(2)3/h29-30,33H,4-28H2,1-3H3/t30-/m0/s1. The molecule has 0 saturated heterocycles. The smallest absolute Gasteiger partial charge is 0.305 e. The fourth-order valence-electron chi connectivity index (χ4n) is 4.56. The molecule has 5 nitrogen and oxygen atoms in total. The highest BCUT2D eigenvalue weighted by atomic mass is 16.6. The van der Waals surface area contributed by atoms with Crippen molar-refractivity contribution in [1.82, 2.24) is 0 Å². The zero-order chi connectivity index (χ0) is 27.4. The van der Waals surface area contributed by atoms with Crippen LogP contribution in [0.4, 0.5) is 0 Å². The first-order chi connectivity index (χ1) is 18.0. The van der Waals surface area contributed by atoms with E-state index in [-0.39, 0.29) is 25.2 Å². The quantitative estimate of drug-likeness (QED) is 0.0813. The van der Waals surface area contributed by atoms with Gasteiger partial charge in [0.05, 0.1) is 0 Å². The number of unbranched alkanes of at least 4 members (excludes halogenated alkanes) is 18. The van der Waals surface area contributed by atoms with Crippen LogP contribution in [0.3, 0.4) is 0 Å². The summed E-state index contributed by atoms with van der Waals surface area (Å²) in [7, 11) is 0. The topological polar surface area (TPSA) is 72.8 Å². The van der Waals surface area contributed by atoms with Crippen molar-refractivity contribution in [2.45, 2.75) is 175 Å². The average molecular weight is 527 g/mol. The number of ether oxygens (including phenoxy) is 2. The Morgan fingerprint density at radius 2 is 0.865 bits per heavy atom. The minimum absolute atomic E-state index is 0.110. The van der Waals surface area contributed by atoms with Crippen molar-refractivity contribution in [3.8, 4) is 0 Å². The monoisotopic (exact) mass is 526 g/mol. The van der Waals surface area contributed by atoms with Gasteiger partial charge in [0, 0.05) is 12.8 Å². The number of esters is 2. The first-order valence-corrected chi connectivity index (χ1v) is 15.9. The maximum Gasteiger partial charge on any atom is 0.305 e. The lowest BCUT2D eigenvalue weighted by Crippen LogP contribution is -2.25. The normalized spacial score (nSPS) is 12.1. The third kappa shape index (κ3) is 29.3. The maximum atomic E-state index is 11.9. The van der Waals surface area contributed by atoms with Crippen molar-refractivity contribution in [3.63, 3.8) is 0 Å². The zero-order valence-corrected chi connectivity index (χ0v) is 24.9. The van der Waals surface area contributed by atoms with Crippen molar-refractivity contribution in [2.24, 2.45) is 5.92 Å². The number of hydrogen-bond acceptors (Lipinski definition) is 5. The molecule has 0 aliphatic heterocycles. The van der Waals surface area contributed by atoms with Crippen molar-refractivity contribution in [1.29, 1.82) is 0 Å².